The number of hydrogen-bond acceptors (Lipinski definition) is 1. The molecular weight excluding hydrogens is 219 g/mol. The van der Waals surface area contributed by atoms with Crippen LogP contribution in [0.4, 0.5) is 13.2 Å². The van der Waals surface area contributed by atoms with Crippen molar-refractivity contribution in [2.75, 3.05) is 0 Å². The van der Waals surface area contributed by atoms with Gasteiger partial charge >= 0.3 is 6.18 Å². The summed E-state index contributed by atoms with van der Waals surface area (Å²) >= 11 is 0. The zero-order chi connectivity index (χ0) is 11.9. The standard InChI is InChI=1S/C11H8F3NO/c1-15-9-3-2-7(6-16)4-8(9)5-10(15)11(12,13)14/h2-6H,1H3. The number of fused-ring (bicyclic) bond motifs is 1. The third-order valence-corrected chi connectivity index (χ3v) is 2.49. The van der Waals surface area contributed by atoms with Crippen LogP contribution in [0.2, 0.25) is 0 Å². The molecule has 0 unspecified atom stereocenters. The zero-order valence-corrected chi connectivity index (χ0v) is 8.38. The summed E-state index contributed by atoms with van der Waals surface area (Å²) in [6.07, 6.45) is -3.77. The van der Waals surface area contributed by atoms with Gasteiger partial charge in [0.1, 0.15) is 12.0 Å². The molecule has 16 heavy (non-hydrogen) atoms. The molecule has 2 aromatic rings. The van der Waals surface area contributed by atoms with Crippen LogP contribution in [-0.4, -0.2) is 10.9 Å². The highest BCUT2D eigenvalue weighted by Gasteiger charge is 2.34. The van der Waals surface area contributed by atoms with E-state index in [4.69, 9.17) is 0 Å². The second kappa shape index (κ2) is 3.37. The molecule has 0 atom stereocenters. The summed E-state index contributed by atoms with van der Waals surface area (Å²) in [7, 11) is 1.35. The Morgan fingerprint density at radius 2 is 1.94 bits per heavy atom. The van der Waals surface area contributed by atoms with Gasteiger partial charge in [0.15, 0.2) is 0 Å². The van der Waals surface area contributed by atoms with Crippen LogP contribution in [0.1, 0.15) is 16.1 Å². The van der Waals surface area contributed by atoms with Gasteiger partial charge in [-0.1, -0.05) is 0 Å². The highest BCUT2D eigenvalue weighted by Crippen LogP contribution is 2.33. The molecule has 0 spiro atoms. The van der Waals surface area contributed by atoms with Crippen LogP contribution in [0, 0.1) is 0 Å². The van der Waals surface area contributed by atoms with Crippen molar-refractivity contribution in [3.8, 4) is 0 Å². The second-order valence-electron chi connectivity index (χ2n) is 3.52. The maximum atomic E-state index is 12.6. The van der Waals surface area contributed by atoms with Gasteiger partial charge in [-0.15, -0.1) is 0 Å². The maximum Gasteiger partial charge on any atom is 0.431 e. The first-order valence-electron chi connectivity index (χ1n) is 4.55. The molecule has 0 radical (unpaired) electrons. The number of aromatic nitrogens is 1. The van der Waals surface area contributed by atoms with E-state index in [1.54, 1.807) is 0 Å². The minimum atomic E-state index is -4.38. The number of carbonyl (C=O) groups excluding carboxylic acids is 1. The number of aldehydes is 1. The molecule has 1 aromatic heterocycles. The smallest absolute Gasteiger partial charge is 0.340 e. The van der Waals surface area contributed by atoms with Crippen LogP contribution in [-0.2, 0) is 13.2 Å². The lowest BCUT2D eigenvalue weighted by Crippen LogP contribution is -2.10. The first-order chi connectivity index (χ1) is 7.43. The number of halogens is 3. The number of nitrogens with zero attached hydrogens (tertiary/aromatic N) is 1. The van der Waals surface area contributed by atoms with Crippen molar-refractivity contribution in [1.82, 2.24) is 4.57 Å². The lowest BCUT2D eigenvalue weighted by atomic mass is 10.2. The topological polar surface area (TPSA) is 22.0 Å². The largest absolute Gasteiger partial charge is 0.431 e. The third-order valence-electron chi connectivity index (χ3n) is 2.49. The van der Waals surface area contributed by atoms with E-state index in [9.17, 15) is 18.0 Å². The zero-order valence-electron chi connectivity index (χ0n) is 8.38. The van der Waals surface area contributed by atoms with E-state index in [0.29, 0.717) is 22.8 Å². The number of alkyl halides is 3. The van der Waals surface area contributed by atoms with Gasteiger partial charge < -0.3 is 4.57 Å². The molecule has 0 aliphatic rings. The van der Waals surface area contributed by atoms with E-state index in [1.807, 2.05) is 0 Å². The second-order valence-corrected chi connectivity index (χ2v) is 3.52. The van der Waals surface area contributed by atoms with E-state index in [0.717, 1.165) is 10.6 Å². The molecule has 0 aliphatic heterocycles. The van der Waals surface area contributed by atoms with E-state index in [2.05, 4.69) is 0 Å². The molecule has 1 aromatic carbocycles. The molecule has 0 N–H and O–H groups in total. The minimum absolute atomic E-state index is 0.367. The summed E-state index contributed by atoms with van der Waals surface area (Å²) in [5.74, 6) is 0. The lowest BCUT2D eigenvalue weighted by molar-refractivity contribution is -0.142. The molecule has 2 rings (SSSR count). The number of carbonyl (C=O) groups is 1. The van der Waals surface area contributed by atoms with Crippen molar-refractivity contribution in [2.24, 2.45) is 7.05 Å². The van der Waals surface area contributed by atoms with Gasteiger partial charge in [-0.25, -0.2) is 0 Å². The summed E-state index contributed by atoms with van der Waals surface area (Å²) < 4.78 is 38.8. The summed E-state index contributed by atoms with van der Waals surface area (Å²) in [6.45, 7) is 0. The predicted molar refractivity (Wildman–Crippen MR) is 53.3 cm³/mol. The summed E-state index contributed by atoms with van der Waals surface area (Å²) in [4.78, 5) is 10.5. The first kappa shape index (κ1) is 10.7. The van der Waals surface area contributed by atoms with E-state index in [-0.39, 0.29) is 0 Å². The van der Waals surface area contributed by atoms with E-state index >= 15 is 0 Å². The maximum absolute atomic E-state index is 12.6. The van der Waals surface area contributed by atoms with E-state index in [1.165, 1.54) is 25.2 Å². The molecule has 2 nitrogen and oxygen atoms in total. The highest BCUT2D eigenvalue weighted by molar-refractivity contribution is 5.88. The fourth-order valence-electron chi connectivity index (χ4n) is 1.71. The molecule has 0 saturated heterocycles. The Balaban J connectivity index is 2.72. The van der Waals surface area contributed by atoms with Crippen molar-refractivity contribution >= 4 is 17.2 Å². The van der Waals surface area contributed by atoms with Crippen molar-refractivity contribution in [3.05, 3.63) is 35.5 Å². The number of aryl methyl sites for hydroxylation is 1. The quantitative estimate of drug-likeness (QED) is 0.686. The van der Waals surface area contributed by atoms with Crippen LogP contribution in [0.5, 0.6) is 0 Å². The Kier molecular flexibility index (Phi) is 2.26. The number of benzene rings is 1. The van der Waals surface area contributed by atoms with Crippen LogP contribution in [0.15, 0.2) is 24.3 Å². The van der Waals surface area contributed by atoms with Crippen LogP contribution < -0.4 is 0 Å². The summed E-state index contributed by atoms with van der Waals surface area (Å²) in [5, 5.41) is 0.416. The van der Waals surface area contributed by atoms with Gasteiger partial charge in [-0.3, -0.25) is 4.79 Å². The van der Waals surface area contributed by atoms with Crippen LogP contribution in [0.25, 0.3) is 10.9 Å². The fraction of sp³-hybridized carbons (Fsp3) is 0.182. The van der Waals surface area contributed by atoms with Gasteiger partial charge in [-0.05, 0) is 24.3 Å². The van der Waals surface area contributed by atoms with Crippen molar-refractivity contribution in [2.45, 2.75) is 6.18 Å². The van der Waals surface area contributed by atoms with Gasteiger partial charge in [0.2, 0.25) is 0 Å². The van der Waals surface area contributed by atoms with Gasteiger partial charge in [-0.2, -0.15) is 13.2 Å². The molecule has 0 saturated carbocycles. The predicted octanol–water partition coefficient (Wildman–Crippen LogP) is 3.01. The van der Waals surface area contributed by atoms with Crippen molar-refractivity contribution < 1.29 is 18.0 Å². The van der Waals surface area contributed by atoms with Crippen molar-refractivity contribution in [3.63, 3.8) is 0 Å². The normalized spacial score (nSPS) is 12.0. The molecule has 0 aliphatic carbocycles. The average molecular weight is 227 g/mol. The Labute approximate surface area is 89.3 Å². The Morgan fingerprint density at radius 3 is 2.50 bits per heavy atom. The van der Waals surface area contributed by atoms with Crippen LogP contribution >= 0.6 is 0 Å². The van der Waals surface area contributed by atoms with Gasteiger partial charge in [0.05, 0.1) is 0 Å². The number of rotatable bonds is 1. The molecule has 84 valence electrons. The summed E-state index contributed by atoms with van der Waals surface area (Å²) in [5.41, 5.74) is 0.107. The monoisotopic (exact) mass is 227 g/mol. The average Bonchev–Trinajstić information content (AvgIpc) is 2.55. The van der Waals surface area contributed by atoms with E-state index < -0.39 is 11.9 Å². The minimum Gasteiger partial charge on any atom is -0.340 e. The van der Waals surface area contributed by atoms with Gasteiger partial charge in [0, 0.05) is 23.5 Å². The Bertz CT molecular complexity index is 554. The lowest BCUT2D eigenvalue weighted by Gasteiger charge is -2.07. The van der Waals surface area contributed by atoms with Gasteiger partial charge in [0.25, 0.3) is 0 Å². The SMILES string of the molecule is Cn1c(C(F)(F)F)cc2cc(C=O)ccc21. The molecular formula is C11H8F3NO. The fourth-order valence-corrected chi connectivity index (χ4v) is 1.71. The molecule has 0 amide bonds. The van der Waals surface area contributed by atoms with Crippen molar-refractivity contribution in [1.29, 1.82) is 0 Å². The van der Waals surface area contributed by atoms with Crippen LogP contribution in [0.3, 0.4) is 0 Å². The third kappa shape index (κ3) is 1.58. The molecule has 1 heterocycles. The highest BCUT2D eigenvalue weighted by atomic mass is 19.4. The molecule has 5 heteroatoms. The molecule has 0 bridgehead atoms. The molecule has 0 fully saturated rings. The Hall–Kier alpha value is -1.78. The number of hydrogen-bond donors (Lipinski definition) is 0. The Morgan fingerprint density at radius 1 is 1.25 bits per heavy atom. The summed E-state index contributed by atoms with van der Waals surface area (Å²) in [6, 6.07) is 5.49. The first-order valence-corrected chi connectivity index (χ1v) is 4.55.